The topological polar surface area (TPSA) is 54.4 Å². The molecular weight excluding hydrogens is 191 g/mol. The Labute approximate surface area is 77.4 Å². The maximum Gasteiger partial charge on any atom is 0.137 e. The molecule has 4 heteroatoms. The number of Topliss-reactive ketones (excluding diaryl/α,β-unsaturated/α-hetero) is 2. The van der Waals surface area contributed by atoms with Gasteiger partial charge in [0.25, 0.3) is 0 Å². The molecule has 0 aliphatic heterocycles. The van der Waals surface area contributed by atoms with E-state index in [9.17, 15) is 9.59 Å². The van der Waals surface area contributed by atoms with Gasteiger partial charge in [0.2, 0.25) is 0 Å². The van der Waals surface area contributed by atoms with Crippen LogP contribution in [0.15, 0.2) is 0 Å². The number of ketones is 2. The van der Waals surface area contributed by atoms with Crippen molar-refractivity contribution in [2.45, 2.75) is 27.2 Å². The van der Waals surface area contributed by atoms with Crippen molar-refractivity contribution < 1.29 is 31.5 Å². The molecule has 0 aromatic carbocycles. The van der Waals surface area contributed by atoms with Gasteiger partial charge in [0.05, 0.1) is 6.42 Å². The molecule has 0 saturated heterocycles. The molecule has 0 unspecified atom stereocenters. The number of hydrogen-bond acceptors (Lipinski definition) is 3. The average molecular weight is 205 g/mol. The monoisotopic (exact) mass is 205 g/mol. The first kappa shape index (κ1) is 17.1. The molecule has 0 aromatic rings. The molecule has 0 amide bonds. The zero-order valence-corrected chi connectivity index (χ0v) is 8.05. The largest absolute Gasteiger partial charge is 0.397 e. The normalized spacial score (nSPS) is 6.91. The van der Waals surface area contributed by atoms with Gasteiger partial charge < -0.3 is 5.11 Å². The molecule has 0 fully saturated rings. The van der Waals surface area contributed by atoms with Crippen LogP contribution in [0.25, 0.3) is 0 Å². The summed E-state index contributed by atoms with van der Waals surface area (Å²) >= 11 is 0. The van der Waals surface area contributed by atoms with E-state index < -0.39 is 0 Å². The summed E-state index contributed by atoms with van der Waals surface area (Å²) in [6.45, 7) is 4.74. The van der Waals surface area contributed by atoms with Gasteiger partial charge in [-0.05, 0) is 20.8 Å². The first-order valence-corrected chi connectivity index (χ1v) is 3.14. The Hall–Kier alpha value is -0.194. The summed E-state index contributed by atoms with van der Waals surface area (Å²) in [5.41, 5.74) is 0. The summed E-state index contributed by atoms with van der Waals surface area (Å²) in [4.78, 5) is 20.1. The fourth-order valence-electron chi connectivity index (χ4n) is 0.351. The maximum atomic E-state index is 10.0. The van der Waals surface area contributed by atoms with Gasteiger partial charge in [-0.2, -0.15) is 0 Å². The van der Waals surface area contributed by atoms with Crippen molar-refractivity contribution in [3.8, 4) is 0 Å². The van der Waals surface area contributed by atoms with Crippen molar-refractivity contribution >= 4 is 11.6 Å². The number of aliphatic hydroxyl groups excluding tert-OH is 1. The number of hydrogen-bond donors (Lipinski definition) is 1. The van der Waals surface area contributed by atoms with Crippen LogP contribution in [-0.2, 0) is 26.4 Å². The van der Waals surface area contributed by atoms with Gasteiger partial charge in [0, 0.05) is 23.4 Å². The molecule has 1 radical (unpaired) electrons. The van der Waals surface area contributed by atoms with Crippen LogP contribution in [0.3, 0.4) is 0 Å². The Balaban J connectivity index is -0.000000140. The fourth-order valence-corrected chi connectivity index (χ4v) is 0.351. The second kappa shape index (κ2) is 12.5. The Kier molecular flexibility index (Phi) is 19.3. The molecule has 0 spiro atoms. The van der Waals surface area contributed by atoms with Crippen LogP contribution in [0.2, 0.25) is 0 Å². The van der Waals surface area contributed by atoms with Gasteiger partial charge in [-0.3, -0.25) is 9.59 Å². The van der Waals surface area contributed by atoms with Crippen molar-refractivity contribution in [2.24, 2.45) is 0 Å². The molecule has 3 nitrogen and oxygen atoms in total. The summed E-state index contributed by atoms with van der Waals surface area (Å²) in [5.74, 6) is -0.125. The van der Waals surface area contributed by atoms with Gasteiger partial charge in [-0.25, -0.2) is 0 Å². The number of carbonyl (C=O) groups is 2. The predicted octanol–water partition coefficient (Wildman–Crippen LogP) is 0.551. The average Bonchev–Trinajstić information content (AvgIpc) is 1.62. The van der Waals surface area contributed by atoms with Crippen molar-refractivity contribution in [3.63, 3.8) is 0 Å². The Bertz CT molecular complexity index is 100. The molecule has 69 valence electrons. The molecular formula is C7H14CoO3. The van der Waals surface area contributed by atoms with Crippen LogP contribution >= 0.6 is 0 Å². The van der Waals surface area contributed by atoms with Gasteiger partial charge in [0.1, 0.15) is 11.6 Å². The number of aliphatic hydroxyl groups is 1. The number of carbonyl (C=O) groups excluding carboxylic acids is 2. The minimum absolute atomic E-state index is 0. The van der Waals surface area contributed by atoms with Crippen molar-refractivity contribution in [3.05, 3.63) is 0 Å². The minimum atomic E-state index is -0.0625. The fraction of sp³-hybridized carbons (Fsp3) is 0.714. The first-order valence-electron chi connectivity index (χ1n) is 3.14. The van der Waals surface area contributed by atoms with Crippen molar-refractivity contribution in [1.29, 1.82) is 0 Å². The van der Waals surface area contributed by atoms with E-state index in [1.54, 1.807) is 6.92 Å². The Morgan fingerprint density at radius 3 is 1.36 bits per heavy atom. The van der Waals surface area contributed by atoms with E-state index in [0.717, 1.165) is 0 Å². The third-order valence-corrected chi connectivity index (χ3v) is 0.498. The smallest absolute Gasteiger partial charge is 0.137 e. The zero-order chi connectivity index (χ0) is 8.57. The molecule has 0 aromatic heterocycles. The minimum Gasteiger partial charge on any atom is -0.397 e. The molecule has 0 aliphatic rings. The predicted molar refractivity (Wildman–Crippen MR) is 38.7 cm³/mol. The standard InChI is InChI=1S/C5H8O2.C2H6O.Co/c1-4(6)3-5(2)7;1-2-3;/h3H2,1-2H3;3H,2H2,1H3;. The van der Waals surface area contributed by atoms with E-state index in [2.05, 4.69) is 0 Å². The third kappa shape index (κ3) is 41.2. The van der Waals surface area contributed by atoms with E-state index in [-0.39, 0.29) is 41.4 Å². The van der Waals surface area contributed by atoms with Gasteiger partial charge in [-0.15, -0.1) is 0 Å². The maximum absolute atomic E-state index is 10.0. The summed E-state index contributed by atoms with van der Waals surface area (Å²) in [5, 5.41) is 7.57. The first-order chi connectivity index (χ1) is 4.54. The Morgan fingerprint density at radius 2 is 1.36 bits per heavy atom. The second-order valence-electron chi connectivity index (χ2n) is 1.90. The molecule has 0 saturated carbocycles. The van der Waals surface area contributed by atoms with Crippen LogP contribution in [0.4, 0.5) is 0 Å². The van der Waals surface area contributed by atoms with Gasteiger partial charge >= 0.3 is 0 Å². The summed E-state index contributed by atoms with van der Waals surface area (Å²) in [7, 11) is 0. The SMILES string of the molecule is CC(=O)CC(C)=O.CCO.[Co]. The molecule has 11 heavy (non-hydrogen) atoms. The van der Waals surface area contributed by atoms with E-state index in [0.29, 0.717) is 0 Å². The van der Waals surface area contributed by atoms with E-state index in [4.69, 9.17) is 5.11 Å². The van der Waals surface area contributed by atoms with Crippen LogP contribution in [0.1, 0.15) is 27.2 Å². The molecule has 0 rings (SSSR count). The molecule has 0 heterocycles. The number of rotatable bonds is 2. The van der Waals surface area contributed by atoms with Gasteiger partial charge in [0.15, 0.2) is 0 Å². The van der Waals surface area contributed by atoms with Crippen molar-refractivity contribution in [1.82, 2.24) is 0 Å². The van der Waals surface area contributed by atoms with Crippen LogP contribution in [0, 0.1) is 0 Å². The molecule has 1 N–H and O–H groups in total. The zero-order valence-electron chi connectivity index (χ0n) is 7.01. The third-order valence-electron chi connectivity index (χ3n) is 0.498. The van der Waals surface area contributed by atoms with Crippen LogP contribution < -0.4 is 0 Å². The van der Waals surface area contributed by atoms with Gasteiger partial charge in [-0.1, -0.05) is 0 Å². The van der Waals surface area contributed by atoms with E-state index >= 15 is 0 Å². The Morgan fingerprint density at radius 1 is 1.18 bits per heavy atom. The van der Waals surface area contributed by atoms with Crippen LogP contribution in [-0.4, -0.2) is 23.3 Å². The van der Waals surface area contributed by atoms with Crippen LogP contribution in [0.5, 0.6) is 0 Å². The quantitative estimate of drug-likeness (QED) is 0.670. The van der Waals surface area contributed by atoms with E-state index in [1.807, 2.05) is 0 Å². The molecule has 0 bridgehead atoms. The molecule has 0 atom stereocenters. The van der Waals surface area contributed by atoms with Crippen molar-refractivity contribution in [2.75, 3.05) is 6.61 Å². The second-order valence-corrected chi connectivity index (χ2v) is 1.90. The summed E-state index contributed by atoms with van der Waals surface area (Å²) in [6, 6.07) is 0. The molecule has 0 aliphatic carbocycles. The summed E-state index contributed by atoms with van der Waals surface area (Å²) in [6.07, 6.45) is 0.0833. The summed E-state index contributed by atoms with van der Waals surface area (Å²) < 4.78 is 0. The van der Waals surface area contributed by atoms with E-state index in [1.165, 1.54) is 13.8 Å².